The second kappa shape index (κ2) is 14.6. The summed E-state index contributed by atoms with van der Waals surface area (Å²) in [5, 5.41) is 31.4. The van der Waals surface area contributed by atoms with E-state index in [0.717, 1.165) is 52.4 Å². The summed E-state index contributed by atoms with van der Waals surface area (Å²) in [7, 11) is -4.68. The van der Waals surface area contributed by atoms with E-state index in [-0.39, 0.29) is 41.9 Å². The summed E-state index contributed by atoms with van der Waals surface area (Å²) in [6.45, 7) is 4.15. The first-order chi connectivity index (χ1) is 18.9. The lowest BCUT2D eigenvalue weighted by molar-refractivity contribution is -0.116. The lowest BCUT2D eigenvalue weighted by Gasteiger charge is -2.36. The van der Waals surface area contributed by atoms with Crippen LogP contribution in [0.5, 0.6) is 11.5 Å². The molecule has 0 radical (unpaired) electrons. The van der Waals surface area contributed by atoms with E-state index in [1.54, 1.807) is 18.2 Å². The largest absolute Gasteiger partial charge is 0.508 e. The SMILES string of the molecule is CCC(c1ccc(O)cc1)C(CC)c1ccc(O)c(NC(=O)CCCC(O)(P(=O)(OC)OC)P(=O)(OC)OC)c1. The van der Waals surface area contributed by atoms with Gasteiger partial charge in [0.15, 0.2) is 0 Å². The van der Waals surface area contributed by atoms with E-state index in [9.17, 15) is 29.2 Å². The number of amides is 1. The number of carbonyl (C=O) groups excluding carboxylic acids is 1. The molecule has 2 rings (SSSR count). The molecule has 0 fully saturated rings. The molecule has 224 valence electrons. The standard InChI is InChI=1S/C27H41NO10P2/c1-7-22(19-11-14-21(29)15-12-19)23(8-2)20-13-16-25(30)24(18-20)28-26(31)10-9-17-27(32,39(33,35-3)36-4)40(34,37-5)38-6/h11-16,18,22-23,29-30,32H,7-10,17H2,1-6H3,(H,28,31). The number of phenolic OH excluding ortho intramolecular Hbond substituents is 2. The first kappa shape index (κ1) is 34.0. The van der Waals surface area contributed by atoms with E-state index in [4.69, 9.17) is 18.1 Å². The maximum absolute atomic E-state index is 13.1. The van der Waals surface area contributed by atoms with Gasteiger partial charge in [0, 0.05) is 41.3 Å². The summed E-state index contributed by atoms with van der Waals surface area (Å²) in [6, 6.07) is 12.2. The molecule has 13 heteroatoms. The molecule has 11 nitrogen and oxygen atoms in total. The van der Waals surface area contributed by atoms with Gasteiger partial charge in [0.05, 0.1) is 5.69 Å². The van der Waals surface area contributed by atoms with E-state index < -0.39 is 32.6 Å². The predicted octanol–water partition coefficient (Wildman–Crippen LogP) is 6.51. The number of anilines is 1. The Hall–Kier alpha value is -2.23. The van der Waals surface area contributed by atoms with Crippen LogP contribution in [0.4, 0.5) is 5.69 Å². The molecule has 1 amide bonds. The van der Waals surface area contributed by atoms with Crippen LogP contribution in [0.2, 0.25) is 0 Å². The number of aliphatic hydroxyl groups is 1. The molecule has 2 aromatic rings. The molecule has 0 saturated carbocycles. The third-order valence-corrected chi connectivity index (χ3v) is 12.8. The number of nitrogens with one attached hydrogen (secondary N) is 1. The average Bonchev–Trinajstić information content (AvgIpc) is 2.96. The summed E-state index contributed by atoms with van der Waals surface area (Å²) in [5.41, 5.74) is 2.22. The molecule has 0 aliphatic carbocycles. The molecule has 0 spiro atoms. The zero-order chi connectivity index (χ0) is 30.1. The van der Waals surface area contributed by atoms with Gasteiger partial charge < -0.3 is 38.7 Å². The smallest absolute Gasteiger partial charge is 0.374 e. The van der Waals surface area contributed by atoms with E-state index in [2.05, 4.69) is 19.2 Å². The number of rotatable bonds is 16. The van der Waals surface area contributed by atoms with Crippen LogP contribution < -0.4 is 5.32 Å². The number of hydrogen-bond acceptors (Lipinski definition) is 10. The van der Waals surface area contributed by atoms with Crippen molar-refractivity contribution in [1.29, 1.82) is 0 Å². The summed E-state index contributed by atoms with van der Waals surface area (Å²) >= 11 is 0. The molecule has 0 aliphatic heterocycles. The highest BCUT2D eigenvalue weighted by Gasteiger charge is 2.63. The van der Waals surface area contributed by atoms with Gasteiger partial charge in [-0.05, 0) is 66.5 Å². The minimum absolute atomic E-state index is 0.0789. The summed E-state index contributed by atoms with van der Waals surface area (Å²) in [6.07, 6.45) is 0.900. The number of benzene rings is 2. The highest BCUT2D eigenvalue weighted by Crippen LogP contribution is 2.77. The Morgan fingerprint density at radius 1 is 0.850 bits per heavy atom. The average molecular weight is 602 g/mol. The Balaban J connectivity index is 2.23. The van der Waals surface area contributed by atoms with Crippen LogP contribution in [0.25, 0.3) is 0 Å². The maximum Gasteiger partial charge on any atom is 0.374 e. The summed E-state index contributed by atoms with van der Waals surface area (Å²) in [5.74, 6) is -0.198. The molecular weight excluding hydrogens is 560 g/mol. The first-order valence-electron chi connectivity index (χ1n) is 13.0. The zero-order valence-corrected chi connectivity index (χ0v) is 25.6. The van der Waals surface area contributed by atoms with Crippen LogP contribution in [0.1, 0.15) is 68.9 Å². The number of aromatic hydroxyl groups is 2. The quantitative estimate of drug-likeness (QED) is 0.123. The van der Waals surface area contributed by atoms with Gasteiger partial charge in [-0.15, -0.1) is 0 Å². The van der Waals surface area contributed by atoms with Crippen LogP contribution in [0.15, 0.2) is 42.5 Å². The Labute approximate surface area is 235 Å². The summed E-state index contributed by atoms with van der Waals surface area (Å²) < 4.78 is 45.8. The Kier molecular flexibility index (Phi) is 12.4. The molecule has 2 unspecified atom stereocenters. The van der Waals surface area contributed by atoms with Gasteiger partial charge in [-0.25, -0.2) is 0 Å². The second-order valence-corrected chi connectivity index (χ2v) is 14.6. The first-order valence-corrected chi connectivity index (χ1v) is 16.0. The van der Waals surface area contributed by atoms with Crippen LogP contribution in [-0.4, -0.2) is 54.7 Å². The lowest BCUT2D eigenvalue weighted by Crippen LogP contribution is -2.32. The van der Waals surface area contributed by atoms with Crippen molar-refractivity contribution in [2.24, 2.45) is 0 Å². The third-order valence-electron chi connectivity index (χ3n) is 7.16. The second-order valence-electron chi connectivity index (χ2n) is 9.30. The van der Waals surface area contributed by atoms with Gasteiger partial charge in [-0.3, -0.25) is 13.9 Å². The van der Waals surface area contributed by atoms with Crippen molar-refractivity contribution in [2.45, 2.75) is 62.9 Å². The molecule has 40 heavy (non-hydrogen) atoms. The molecule has 0 saturated heterocycles. The maximum atomic E-state index is 13.1. The van der Waals surface area contributed by atoms with Gasteiger partial charge in [0.25, 0.3) is 5.08 Å². The van der Waals surface area contributed by atoms with Crippen molar-refractivity contribution in [1.82, 2.24) is 0 Å². The Morgan fingerprint density at radius 2 is 1.32 bits per heavy atom. The van der Waals surface area contributed by atoms with Gasteiger partial charge in [0.1, 0.15) is 11.5 Å². The normalized spacial score (nSPS) is 14.1. The van der Waals surface area contributed by atoms with Crippen molar-refractivity contribution < 1.29 is 47.3 Å². The molecule has 0 aliphatic rings. The fraction of sp³-hybridized carbons (Fsp3) is 0.519. The van der Waals surface area contributed by atoms with Crippen LogP contribution in [-0.2, 0) is 32.0 Å². The van der Waals surface area contributed by atoms with Gasteiger partial charge in [0.2, 0.25) is 5.91 Å². The molecule has 0 aromatic heterocycles. The van der Waals surface area contributed by atoms with Crippen LogP contribution in [0.3, 0.4) is 0 Å². The van der Waals surface area contributed by atoms with Crippen molar-refractivity contribution >= 4 is 26.8 Å². The van der Waals surface area contributed by atoms with E-state index in [0.29, 0.717) is 0 Å². The summed E-state index contributed by atoms with van der Waals surface area (Å²) in [4.78, 5) is 12.8. The third kappa shape index (κ3) is 7.15. The van der Waals surface area contributed by atoms with Gasteiger partial charge in [-0.1, -0.05) is 32.0 Å². The molecule has 4 N–H and O–H groups in total. The van der Waals surface area contributed by atoms with Crippen LogP contribution in [0, 0.1) is 0 Å². The topological polar surface area (TPSA) is 161 Å². The molecular formula is C27H41NO10P2. The lowest BCUT2D eigenvalue weighted by atomic mass is 9.78. The number of carbonyl (C=O) groups is 1. The van der Waals surface area contributed by atoms with E-state index >= 15 is 0 Å². The molecule has 2 atom stereocenters. The van der Waals surface area contributed by atoms with E-state index in [1.807, 2.05) is 18.2 Å². The highest BCUT2D eigenvalue weighted by atomic mass is 31.2. The Bertz CT molecular complexity index is 1180. The minimum Gasteiger partial charge on any atom is -0.508 e. The van der Waals surface area contributed by atoms with Crippen molar-refractivity contribution in [2.75, 3.05) is 33.8 Å². The minimum atomic E-state index is -4.40. The van der Waals surface area contributed by atoms with Gasteiger partial charge in [-0.2, -0.15) is 0 Å². The molecule has 2 aromatic carbocycles. The number of hydrogen-bond donors (Lipinski definition) is 4. The van der Waals surface area contributed by atoms with Crippen LogP contribution >= 0.6 is 15.2 Å². The fourth-order valence-corrected chi connectivity index (χ4v) is 9.48. The van der Waals surface area contributed by atoms with Crippen molar-refractivity contribution in [3.05, 3.63) is 53.6 Å². The molecule has 0 bridgehead atoms. The van der Waals surface area contributed by atoms with E-state index in [1.165, 1.54) is 6.07 Å². The zero-order valence-electron chi connectivity index (χ0n) is 23.8. The highest BCUT2D eigenvalue weighted by molar-refractivity contribution is 7.73. The Morgan fingerprint density at radius 3 is 1.80 bits per heavy atom. The monoisotopic (exact) mass is 601 g/mol. The fourth-order valence-electron chi connectivity index (χ4n) is 4.97. The predicted molar refractivity (Wildman–Crippen MR) is 153 cm³/mol. The molecule has 0 heterocycles. The van der Waals surface area contributed by atoms with Crippen molar-refractivity contribution in [3.63, 3.8) is 0 Å². The van der Waals surface area contributed by atoms with Crippen molar-refractivity contribution in [3.8, 4) is 11.5 Å². The van der Waals surface area contributed by atoms with Gasteiger partial charge >= 0.3 is 15.2 Å². The number of phenols is 2.